The van der Waals surface area contributed by atoms with Gasteiger partial charge in [-0.3, -0.25) is 4.79 Å². The number of carbonyl (C=O) groups excluding carboxylic acids is 1. The van der Waals surface area contributed by atoms with E-state index >= 15 is 0 Å². The summed E-state index contributed by atoms with van der Waals surface area (Å²) >= 11 is 0. The highest BCUT2D eigenvalue weighted by molar-refractivity contribution is 5.80. The number of aryl methyl sites for hydroxylation is 1. The molecule has 0 bridgehead atoms. The molecule has 0 aliphatic rings. The van der Waals surface area contributed by atoms with Crippen LogP contribution in [0.2, 0.25) is 0 Å². The van der Waals surface area contributed by atoms with E-state index in [2.05, 4.69) is 20.6 Å². The molecule has 5 heteroatoms. The molecular formula is C10H16N4O. The van der Waals surface area contributed by atoms with E-state index < -0.39 is 0 Å². The van der Waals surface area contributed by atoms with Gasteiger partial charge in [0.25, 0.3) is 0 Å². The van der Waals surface area contributed by atoms with Crippen LogP contribution >= 0.6 is 0 Å². The van der Waals surface area contributed by atoms with E-state index in [1.54, 1.807) is 6.07 Å². The highest BCUT2D eigenvalue weighted by Gasteiger charge is 2.00. The maximum Gasteiger partial charge on any atom is 0.239 e. The number of amides is 1. The fraction of sp³-hybridized carbons (Fsp3) is 0.500. The van der Waals surface area contributed by atoms with E-state index in [0.717, 1.165) is 12.1 Å². The molecule has 1 rings (SSSR count). The summed E-state index contributed by atoms with van der Waals surface area (Å²) < 4.78 is 0. The van der Waals surface area contributed by atoms with Crippen molar-refractivity contribution >= 4 is 11.7 Å². The quantitative estimate of drug-likeness (QED) is 0.748. The standard InChI is InChI=1S/C10H16N4O/c1-3-4-11-10(15)6-12-9-5-8(2)13-7-14-9/h5,7H,3-4,6H2,1-2H3,(H,11,15)(H,12,13,14). The Bertz CT molecular complexity index is 327. The minimum absolute atomic E-state index is 0.0203. The van der Waals surface area contributed by atoms with Crippen LogP contribution in [0.25, 0.3) is 0 Å². The largest absolute Gasteiger partial charge is 0.361 e. The lowest BCUT2D eigenvalue weighted by Crippen LogP contribution is -2.30. The Balaban J connectivity index is 2.33. The van der Waals surface area contributed by atoms with E-state index in [4.69, 9.17) is 0 Å². The third kappa shape index (κ3) is 4.39. The van der Waals surface area contributed by atoms with Gasteiger partial charge in [-0.2, -0.15) is 0 Å². The Hall–Kier alpha value is -1.65. The van der Waals surface area contributed by atoms with Crippen LogP contribution in [-0.4, -0.2) is 29.0 Å². The molecule has 82 valence electrons. The van der Waals surface area contributed by atoms with Gasteiger partial charge in [-0.15, -0.1) is 0 Å². The average molecular weight is 208 g/mol. The molecule has 0 atom stereocenters. The molecule has 0 saturated carbocycles. The lowest BCUT2D eigenvalue weighted by molar-refractivity contribution is -0.119. The lowest BCUT2D eigenvalue weighted by Gasteiger charge is -2.06. The van der Waals surface area contributed by atoms with Gasteiger partial charge < -0.3 is 10.6 Å². The molecule has 0 aliphatic heterocycles. The number of anilines is 1. The summed E-state index contributed by atoms with van der Waals surface area (Å²) in [5.41, 5.74) is 0.876. The van der Waals surface area contributed by atoms with Crippen LogP contribution in [0.1, 0.15) is 19.0 Å². The van der Waals surface area contributed by atoms with Gasteiger partial charge in [-0.25, -0.2) is 9.97 Å². The highest BCUT2D eigenvalue weighted by atomic mass is 16.1. The summed E-state index contributed by atoms with van der Waals surface area (Å²) in [5.74, 6) is 0.655. The van der Waals surface area contributed by atoms with Crippen molar-refractivity contribution in [2.75, 3.05) is 18.4 Å². The van der Waals surface area contributed by atoms with Crippen LogP contribution in [0.4, 0.5) is 5.82 Å². The predicted octanol–water partition coefficient (Wildman–Crippen LogP) is 0.723. The third-order valence-corrected chi connectivity index (χ3v) is 1.81. The Kier molecular flexibility index (Phi) is 4.53. The SMILES string of the molecule is CCCNC(=O)CNc1cc(C)ncn1. The topological polar surface area (TPSA) is 66.9 Å². The first kappa shape index (κ1) is 11.4. The smallest absolute Gasteiger partial charge is 0.239 e. The van der Waals surface area contributed by atoms with Gasteiger partial charge >= 0.3 is 0 Å². The predicted molar refractivity (Wildman–Crippen MR) is 58.6 cm³/mol. The Labute approximate surface area is 89.3 Å². The zero-order valence-electron chi connectivity index (χ0n) is 9.08. The lowest BCUT2D eigenvalue weighted by atomic mass is 10.4. The van der Waals surface area contributed by atoms with Crippen molar-refractivity contribution in [1.29, 1.82) is 0 Å². The number of nitrogens with one attached hydrogen (secondary N) is 2. The van der Waals surface area contributed by atoms with Crippen LogP contribution in [0.15, 0.2) is 12.4 Å². The van der Waals surface area contributed by atoms with Gasteiger partial charge in [0.1, 0.15) is 12.1 Å². The summed E-state index contributed by atoms with van der Waals surface area (Å²) in [6, 6.07) is 1.80. The Morgan fingerprint density at radius 3 is 2.93 bits per heavy atom. The van der Waals surface area contributed by atoms with E-state index in [-0.39, 0.29) is 12.5 Å². The normalized spacial score (nSPS) is 9.73. The molecule has 0 aromatic carbocycles. The minimum atomic E-state index is -0.0203. The number of carbonyl (C=O) groups is 1. The molecule has 0 saturated heterocycles. The van der Waals surface area contributed by atoms with Crippen molar-refractivity contribution in [2.24, 2.45) is 0 Å². The Morgan fingerprint density at radius 2 is 2.27 bits per heavy atom. The molecule has 0 aliphatic carbocycles. The molecule has 0 radical (unpaired) electrons. The third-order valence-electron chi connectivity index (χ3n) is 1.81. The molecular weight excluding hydrogens is 192 g/mol. The van der Waals surface area contributed by atoms with Gasteiger partial charge in [0.15, 0.2) is 0 Å². The van der Waals surface area contributed by atoms with Crippen LogP contribution in [0.3, 0.4) is 0 Å². The monoisotopic (exact) mass is 208 g/mol. The number of aromatic nitrogens is 2. The van der Waals surface area contributed by atoms with Crippen molar-refractivity contribution in [1.82, 2.24) is 15.3 Å². The molecule has 1 aromatic heterocycles. The van der Waals surface area contributed by atoms with E-state index in [9.17, 15) is 4.79 Å². The van der Waals surface area contributed by atoms with Gasteiger partial charge in [-0.05, 0) is 13.3 Å². The van der Waals surface area contributed by atoms with Crippen molar-refractivity contribution < 1.29 is 4.79 Å². The van der Waals surface area contributed by atoms with Crippen LogP contribution in [0.5, 0.6) is 0 Å². The summed E-state index contributed by atoms with van der Waals surface area (Å²) in [4.78, 5) is 19.2. The van der Waals surface area contributed by atoms with Crippen LogP contribution < -0.4 is 10.6 Å². The Morgan fingerprint density at radius 1 is 1.47 bits per heavy atom. The molecule has 15 heavy (non-hydrogen) atoms. The van der Waals surface area contributed by atoms with Gasteiger partial charge in [0.05, 0.1) is 6.54 Å². The second kappa shape index (κ2) is 5.95. The molecule has 1 amide bonds. The van der Waals surface area contributed by atoms with E-state index in [1.807, 2.05) is 13.8 Å². The maximum atomic E-state index is 11.2. The minimum Gasteiger partial charge on any atom is -0.361 e. The molecule has 0 unspecified atom stereocenters. The molecule has 0 spiro atoms. The van der Waals surface area contributed by atoms with E-state index in [0.29, 0.717) is 12.4 Å². The number of nitrogens with zero attached hydrogens (tertiary/aromatic N) is 2. The number of rotatable bonds is 5. The van der Waals surface area contributed by atoms with E-state index in [1.165, 1.54) is 6.33 Å². The first-order chi connectivity index (χ1) is 7.22. The summed E-state index contributed by atoms with van der Waals surface area (Å²) in [6.45, 7) is 4.85. The van der Waals surface area contributed by atoms with Crippen molar-refractivity contribution in [2.45, 2.75) is 20.3 Å². The summed E-state index contributed by atoms with van der Waals surface area (Å²) in [7, 11) is 0. The maximum absolute atomic E-state index is 11.2. The average Bonchev–Trinajstić information content (AvgIpc) is 2.23. The van der Waals surface area contributed by atoms with Crippen molar-refractivity contribution in [3.05, 3.63) is 18.1 Å². The fourth-order valence-corrected chi connectivity index (χ4v) is 1.05. The second-order valence-electron chi connectivity index (χ2n) is 3.25. The molecule has 5 nitrogen and oxygen atoms in total. The van der Waals surface area contributed by atoms with Gasteiger partial charge in [-0.1, -0.05) is 6.92 Å². The zero-order chi connectivity index (χ0) is 11.1. The molecule has 2 N–H and O–H groups in total. The van der Waals surface area contributed by atoms with Gasteiger partial charge in [0.2, 0.25) is 5.91 Å². The van der Waals surface area contributed by atoms with Crippen molar-refractivity contribution in [3.8, 4) is 0 Å². The first-order valence-corrected chi connectivity index (χ1v) is 5.01. The summed E-state index contributed by atoms with van der Waals surface area (Å²) in [6.07, 6.45) is 2.42. The highest BCUT2D eigenvalue weighted by Crippen LogP contribution is 2.01. The van der Waals surface area contributed by atoms with Crippen LogP contribution in [-0.2, 0) is 4.79 Å². The zero-order valence-corrected chi connectivity index (χ0v) is 9.08. The molecule has 1 aromatic rings. The summed E-state index contributed by atoms with van der Waals surface area (Å²) in [5, 5.41) is 5.70. The van der Waals surface area contributed by atoms with Gasteiger partial charge in [0, 0.05) is 18.3 Å². The second-order valence-corrected chi connectivity index (χ2v) is 3.25. The fourth-order valence-electron chi connectivity index (χ4n) is 1.05. The molecule has 1 heterocycles. The van der Waals surface area contributed by atoms with Crippen molar-refractivity contribution in [3.63, 3.8) is 0 Å². The first-order valence-electron chi connectivity index (χ1n) is 5.01. The van der Waals surface area contributed by atoms with Crippen LogP contribution in [0, 0.1) is 6.92 Å². The molecule has 0 fully saturated rings. The number of hydrogen-bond acceptors (Lipinski definition) is 4. The number of hydrogen-bond donors (Lipinski definition) is 2.